The van der Waals surface area contributed by atoms with E-state index in [0.717, 1.165) is 101 Å². The van der Waals surface area contributed by atoms with Crippen LogP contribution in [0.3, 0.4) is 0 Å². The standard InChI is InChI=1S/3C46H29N3/c1-3-14-31(15-4-1)40-29-41(48-46(47-40)33-16-5-2-6-17-33)32-23-26-34(27-24-32)49-42-28-25-30-13-7-8-18-35(30)43(42)44-38-21-11-9-19-36(38)37-20-10-12-22-39(37)45(44)49;1-3-14-31(15-4-1)41-29-42(48-46(47-41)33-16-5-2-6-17-33)32-23-26-34(27-24-32)49-44-35-18-8-7-13-30(35)25-28-40(44)43-38-21-11-9-19-36(38)37-20-10-12-22-39(37)45(43)49;1-3-13-30(14-4-1)41-29-42(48-46(47-41)32-15-5-2-6-16-32)31-23-25-35(26-24-31)49-43-28-34-18-8-7-17-33(34)27-40(43)44-38-21-11-9-19-36(38)37-20-10-12-22-39(37)45(44)49/h3*1-29H. The molecule has 0 bridgehead atoms. The van der Waals surface area contributed by atoms with Crippen molar-refractivity contribution in [3.05, 3.63) is 528 Å². The molecule has 6 aromatic heterocycles. The van der Waals surface area contributed by atoms with Crippen molar-refractivity contribution in [2.75, 3.05) is 0 Å². The number of nitrogens with zero attached hydrogens (tertiary/aromatic N) is 9. The summed E-state index contributed by atoms with van der Waals surface area (Å²) in [5.41, 5.74) is 25.3. The molecule has 24 aromatic carbocycles. The van der Waals surface area contributed by atoms with Gasteiger partial charge in [0.1, 0.15) is 0 Å². The van der Waals surface area contributed by atoms with Gasteiger partial charge in [0.15, 0.2) is 17.5 Å². The number of rotatable bonds is 12. The maximum Gasteiger partial charge on any atom is 0.160 e. The molecule has 0 amide bonds. The van der Waals surface area contributed by atoms with E-state index in [2.05, 4.69) is 469 Å². The summed E-state index contributed by atoms with van der Waals surface area (Å²) in [5, 5.41) is 30.3. The summed E-state index contributed by atoms with van der Waals surface area (Å²) in [6.07, 6.45) is 0. The van der Waals surface area contributed by atoms with E-state index in [1.807, 2.05) is 72.8 Å². The highest BCUT2D eigenvalue weighted by Crippen LogP contribution is 2.50. The Morgan fingerprint density at radius 2 is 0.374 bits per heavy atom. The molecule has 0 atom stereocenters. The van der Waals surface area contributed by atoms with E-state index in [0.29, 0.717) is 17.5 Å². The van der Waals surface area contributed by atoms with Crippen molar-refractivity contribution in [2.45, 2.75) is 0 Å². The minimum atomic E-state index is 0.716. The van der Waals surface area contributed by atoms with Crippen LogP contribution in [0.25, 0.3) is 281 Å². The van der Waals surface area contributed by atoms with E-state index < -0.39 is 0 Å². The summed E-state index contributed by atoms with van der Waals surface area (Å²) in [6, 6.07) is 188. The molecule has 30 rings (SSSR count). The molecule has 684 valence electrons. The van der Waals surface area contributed by atoms with Gasteiger partial charge in [0, 0.05) is 121 Å². The Morgan fingerprint density at radius 1 is 0.122 bits per heavy atom. The highest BCUT2D eigenvalue weighted by molar-refractivity contribution is 6.38. The van der Waals surface area contributed by atoms with E-state index >= 15 is 0 Å². The molecular weight excluding hydrogens is 1780 g/mol. The first-order valence-electron chi connectivity index (χ1n) is 50.0. The first kappa shape index (κ1) is 85.3. The predicted octanol–water partition coefficient (Wildman–Crippen LogP) is 36.1. The Kier molecular flexibility index (Phi) is 20.8. The van der Waals surface area contributed by atoms with Gasteiger partial charge in [-0.2, -0.15) is 0 Å². The summed E-state index contributed by atoms with van der Waals surface area (Å²) >= 11 is 0. The van der Waals surface area contributed by atoms with Gasteiger partial charge in [-0.25, -0.2) is 29.9 Å². The van der Waals surface area contributed by atoms with E-state index in [-0.39, 0.29) is 0 Å². The Morgan fingerprint density at radius 3 is 0.755 bits per heavy atom. The van der Waals surface area contributed by atoms with Crippen LogP contribution in [-0.2, 0) is 0 Å². The quantitative estimate of drug-likeness (QED) is 0.113. The highest BCUT2D eigenvalue weighted by atomic mass is 15.0. The Balaban J connectivity index is 0.000000107. The summed E-state index contributed by atoms with van der Waals surface area (Å²) < 4.78 is 7.40. The molecule has 9 heteroatoms. The number of fused-ring (bicyclic) bond motifs is 29. The summed E-state index contributed by atoms with van der Waals surface area (Å²) in [5.74, 6) is 2.15. The van der Waals surface area contributed by atoms with Crippen LogP contribution in [0.4, 0.5) is 0 Å². The maximum atomic E-state index is 5.09. The Bertz CT molecular complexity index is 10000. The van der Waals surface area contributed by atoms with Crippen LogP contribution in [0.15, 0.2) is 528 Å². The molecule has 0 spiro atoms. The molecule has 147 heavy (non-hydrogen) atoms. The van der Waals surface area contributed by atoms with Gasteiger partial charge in [-0.15, -0.1) is 0 Å². The third-order valence-corrected chi connectivity index (χ3v) is 29.3. The fourth-order valence-electron chi connectivity index (χ4n) is 22.6. The van der Waals surface area contributed by atoms with E-state index in [4.69, 9.17) is 29.9 Å². The molecule has 0 aliphatic carbocycles. The zero-order valence-electron chi connectivity index (χ0n) is 79.8. The van der Waals surface area contributed by atoms with Gasteiger partial charge in [-0.3, -0.25) is 0 Å². The van der Waals surface area contributed by atoms with Gasteiger partial charge < -0.3 is 13.7 Å². The average Bonchev–Trinajstić information content (AvgIpc) is 1.55. The highest BCUT2D eigenvalue weighted by Gasteiger charge is 2.27. The third-order valence-electron chi connectivity index (χ3n) is 29.3. The number of benzene rings is 24. The molecule has 0 fully saturated rings. The zero-order chi connectivity index (χ0) is 96.9. The lowest BCUT2D eigenvalue weighted by molar-refractivity contribution is 1.17. The van der Waals surface area contributed by atoms with Crippen LogP contribution < -0.4 is 0 Å². The molecule has 0 saturated carbocycles. The van der Waals surface area contributed by atoms with Crippen molar-refractivity contribution in [1.82, 2.24) is 43.6 Å². The second-order valence-electron chi connectivity index (χ2n) is 37.8. The smallest absolute Gasteiger partial charge is 0.160 e. The lowest BCUT2D eigenvalue weighted by Crippen LogP contribution is -1.97. The molecule has 0 radical (unpaired) electrons. The van der Waals surface area contributed by atoms with E-state index in [1.165, 1.54) is 162 Å². The summed E-state index contributed by atoms with van der Waals surface area (Å²) in [7, 11) is 0. The molecule has 0 unspecified atom stereocenters. The van der Waals surface area contributed by atoms with Gasteiger partial charge in [-0.05, 0) is 148 Å². The largest absolute Gasteiger partial charge is 0.309 e. The minimum Gasteiger partial charge on any atom is -0.309 e. The van der Waals surface area contributed by atoms with E-state index in [1.54, 1.807) is 0 Å². The number of aromatic nitrogens is 9. The summed E-state index contributed by atoms with van der Waals surface area (Å²) in [6.45, 7) is 0. The second-order valence-corrected chi connectivity index (χ2v) is 37.8. The molecule has 0 aliphatic rings. The number of hydrogen-bond donors (Lipinski definition) is 0. The normalized spacial score (nSPS) is 11.7. The number of hydrogen-bond acceptors (Lipinski definition) is 6. The lowest BCUT2D eigenvalue weighted by atomic mass is 9.95. The van der Waals surface area contributed by atoms with Gasteiger partial charge in [0.25, 0.3) is 0 Å². The molecule has 0 N–H and O–H groups in total. The molecule has 9 nitrogen and oxygen atoms in total. The van der Waals surface area contributed by atoms with Crippen LogP contribution >= 0.6 is 0 Å². The Labute approximate surface area is 846 Å². The van der Waals surface area contributed by atoms with Crippen LogP contribution in [0, 0.1) is 0 Å². The van der Waals surface area contributed by atoms with Gasteiger partial charge in [0.2, 0.25) is 0 Å². The van der Waals surface area contributed by atoms with Crippen molar-refractivity contribution in [2.24, 2.45) is 0 Å². The second kappa shape index (κ2) is 35.8. The van der Waals surface area contributed by atoms with Crippen molar-refractivity contribution < 1.29 is 0 Å². The van der Waals surface area contributed by atoms with Crippen LogP contribution in [0.2, 0.25) is 0 Å². The van der Waals surface area contributed by atoms with Crippen molar-refractivity contribution >= 4 is 162 Å². The molecule has 0 aliphatic heterocycles. The fraction of sp³-hybridized carbons (Fsp3) is 0. The first-order valence-corrected chi connectivity index (χ1v) is 50.0. The van der Waals surface area contributed by atoms with Gasteiger partial charge in [-0.1, -0.05) is 455 Å². The minimum absolute atomic E-state index is 0.716. The predicted molar refractivity (Wildman–Crippen MR) is 616 cm³/mol. The van der Waals surface area contributed by atoms with Gasteiger partial charge >= 0.3 is 0 Å². The van der Waals surface area contributed by atoms with Crippen molar-refractivity contribution in [3.8, 4) is 119 Å². The monoisotopic (exact) mass is 1870 g/mol. The summed E-state index contributed by atoms with van der Waals surface area (Å²) in [4.78, 5) is 30.2. The van der Waals surface area contributed by atoms with Crippen molar-refractivity contribution in [1.29, 1.82) is 0 Å². The van der Waals surface area contributed by atoms with Crippen LogP contribution in [-0.4, -0.2) is 43.6 Å². The average molecular weight is 1870 g/mol. The molecule has 0 saturated heterocycles. The van der Waals surface area contributed by atoms with Crippen molar-refractivity contribution in [3.63, 3.8) is 0 Å². The molecule has 6 heterocycles. The van der Waals surface area contributed by atoms with Crippen LogP contribution in [0.5, 0.6) is 0 Å². The topological polar surface area (TPSA) is 92.1 Å². The first-order chi connectivity index (χ1) is 72.9. The van der Waals surface area contributed by atoms with Gasteiger partial charge in [0.05, 0.1) is 67.3 Å². The Hall–Kier alpha value is -19.7. The third kappa shape index (κ3) is 14.8. The van der Waals surface area contributed by atoms with Crippen LogP contribution in [0.1, 0.15) is 0 Å². The lowest BCUT2D eigenvalue weighted by Gasteiger charge is -2.14. The zero-order valence-corrected chi connectivity index (χ0v) is 79.8. The SMILES string of the molecule is c1ccc(-c2cc(-c3ccc(-n4c5c6ccccc6ccc5c5c6ccccc6c6ccccc6c54)cc3)nc(-c3ccccc3)n2)cc1.c1ccc(-c2cc(-c3ccc(-n4c5cc6ccccc6cc5c5c6ccccc6c6ccccc6c54)cc3)nc(-c3ccccc3)n2)cc1.c1ccc(-c2cc(-c3ccc(-n4c5ccc6ccccc6c5c5c6ccccc6c6ccccc6c54)cc3)nc(-c3ccccc3)n2)cc1. The molecular formula is C138H87N9. The van der Waals surface area contributed by atoms with E-state index in [9.17, 15) is 0 Å². The maximum absolute atomic E-state index is 5.09. The fourth-order valence-corrected chi connectivity index (χ4v) is 22.6. The molecule has 30 aromatic rings.